The molecule has 1 aliphatic rings. The Morgan fingerprint density at radius 1 is 1.32 bits per heavy atom. The summed E-state index contributed by atoms with van der Waals surface area (Å²) in [7, 11) is 1.49. The molecule has 28 heavy (non-hydrogen) atoms. The first-order valence-corrected chi connectivity index (χ1v) is 10.7. The van der Waals surface area contributed by atoms with E-state index < -0.39 is 18.0 Å². The molecule has 4 N–H and O–H groups in total. The van der Waals surface area contributed by atoms with Crippen LogP contribution in [0, 0.1) is 5.92 Å². The third kappa shape index (κ3) is 9.07. The molecule has 9 heteroatoms. The van der Waals surface area contributed by atoms with E-state index in [0.717, 1.165) is 0 Å². The Balaban J connectivity index is 2.87. The summed E-state index contributed by atoms with van der Waals surface area (Å²) in [5.41, 5.74) is 0. The van der Waals surface area contributed by atoms with Crippen LogP contribution in [0.1, 0.15) is 26.2 Å². The zero-order valence-corrected chi connectivity index (χ0v) is 17.4. The summed E-state index contributed by atoms with van der Waals surface area (Å²) < 4.78 is 0. The lowest BCUT2D eigenvalue weighted by Gasteiger charge is -2.21. The van der Waals surface area contributed by atoms with Crippen LogP contribution in [-0.4, -0.2) is 61.3 Å². The first-order chi connectivity index (χ1) is 13.4. The molecule has 1 heterocycles. The topological polar surface area (TPSA) is 116 Å². The molecule has 1 rings (SSSR count). The fraction of sp³-hybridized carbons (Fsp3) is 0.579. The van der Waals surface area contributed by atoms with Crippen molar-refractivity contribution in [1.29, 1.82) is 0 Å². The maximum atomic E-state index is 12.8. The van der Waals surface area contributed by atoms with Gasteiger partial charge >= 0.3 is 6.03 Å². The standard InChI is InChI=1S/C19H30N4O4S/c1-13-7-8-17(25)21-10-5-4-6-14(18(26)22-13)12-16(24)15(9-11-28-3)23-19(27)20-2/h4,6-8,13-15H,5,9-12H2,1-3H3,(H,21,25)(H,22,26)(H2,20,23,27)/b6-4+,8-7+/t13-,14+,15?/m0/s1. The minimum Gasteiger partial charge on any atom is -0.352 e. The van der Waals surface area contributed by atoms with Gasteiger partial charge in [-0.05, 0) is 31.8 Å². The van der Waals surface area contributed by atoms with Crippen molar-refractivity contribution in [3.63, 3.8) is 0 Å². The fourth-order valence-corrected chi connectivity index (χ4v) is 3.07. The van der Waals surface area contributed by atoms with Gasteiger partial charge in [-0.25, -0.2) is 4.79 Å². The van der Waals surface area contributed by atoms with E-state index in [4.69, 9.17) is 0 Å². The summed E-state index contributed by atoms with van der Waals surface area (Å²) in [4.78, 5) is 48.6. The van der Waals surface area contributed by atoms with Crippen molar-refractivity contribution in [2.45, 2.75) is 38.3 Å². The largest absolute Gasteiger partial charge is 0.352 e. The van der Waals surface area contributed by atoms with Gasteiger partial charge in [0.1, 0.15) is 0 Å². The van der Waals surface area contributed by atoms with Crippen LogP contribution in [-0.2, 0) is 14.4 Å². The van der Waals surface area contributed by atoms with Gasteiger partial charge in [-0.2, -0.15) is 11.8 Å². The van der Waals surface area contributed by atoms with Crippen molar-refractivity contribution in [3.8, 4) is 0 Å². The molecule has 1 aliphatic heterocycles. The highest BCUT2D eigenvalue weighted by Gasteiger charge is 2.26. The number of carbonyl (C=O) groups is 4. The van der Waals surface area contributed by atoms with Crippen molar-refractivity contribution in [3.05, 3.63) is 24.3 Å². The van der Waals surface area contributed by atoms with E-state index in [1.165, 1.54) is 13.1 Å². The number of thioether (sulfide) groups is 1. The number of rotatable bonds is 7. The molecule has 0 aromatic heterocycles. The van der Waals surface area contributed by atoms with Gasteiger partial charge in [0.15, 0.2) is 5.78 Å². The van der Waals surface area contributed by atoms with E-state index in [1.54, 1.807) is 36.9 Å². The number of ketones is 1. The number of hydrogen-bond acceptors (Lipinski definition) is 5. The summed E-state index contributed by atoms with van der Waals surface area (Å²) >= 11 is 1.59. The molecule has 0 fully saturated rings. The van der Waals surface area contributed by atoms with Crippen molar-refractivity contribution in [1.82, 2.24) is 21.3 Å². The average Bonchev–Trinajstić information content (AvgIpc) is 2.66. The van der Waals surface area contributed by atoms with Gasteiger partial charge in [0.2, 0.25) is 11.8 Å². The fourth-order valence-electron chi connectivity index (χ4n) is 2.60. The number of amides is 4. The Bertz CT molecular complexity index is 621. The van der Waals surface area contributed by atoms with Crippen LogP contribution < -0.4 is 21.3 Å². The van der Waals surface area contributed by atoms with Gasteiger partial charge in [0, 0.05) is 32.1 Å². The van der Waals surface area contributed by atoms with Crippen molar-refractivity contribution in [2.75, 3.05) is 25.6 Å². The average molecular weight is 411 g/mol. The normalized spacial score (nSPS) is 23.8. The summed E-state index contributed by atoms with van der Waals surface area (Å²) in [6.45, 7) is 2.20. The Morgan fingerprint density at radius 2 is 2.07 bits per heavy atom. The van der Waals surface area contributed by atoms with Crippen molar-refractivity contribution in [2.24, 2.45) is 5.92 Å². The Kier molecular flexibility index (Phi) is 11.0. The number of carbonyl (C=O) groups excluding carboxylic acids is 4. The maximum absolute atomic E-state index is 12.8. The minimum absolute atomic E-state index is 0.00579. The minimum atomic E-state index is -0.647. The molecule has 0 aromatic rings. The molecule has 0 radical (unpaired) electrons. The zero-order valence-electron chi connectivity index (χ0n) is 16.6. The Morgan fingerprint density at radius 3 is 2.75 bits per heavy atom. The second-order valence-electron chi connectivity index (χ2n) is 6.50. The molecule has 4 amide bonds. The highest BCUT2D eigenvalue weighted by atomic mass is 32.2. The number of urea groups is 1. The maximum Gasteiger partial charge on any atom is 0.315 e. The summed E-state index contributed by atoms with van der Waals surface area (Å²) in [6, 6.07) is -1.42. The molecule has 0 saturated carbocycles. The monoisotopic (exact) mass is 410 g/mol. The lowest BCUT2D eigenvalue weighted by atomic mass is 9.95. The lowest BCUT2D eigenvalue weighted by molar-refractivity contribution is -0.129. The molecule has 0 aromatic carbocycles. The zero-order chi connectivity index (χ0) is 20.9. The molecule has 0 spiro atoms. The second kappa shape index (κ2) is 13.0. The van der Waals surface area contributed by atoms with Gasteiger partial charge in [-0.3, -0.25) is 14.4 Å². The first-order valence-electron chi connectivity index (χ1n) is 9.30. The summed E-state index contributed by atoms with van der Waals surface area (Å²) in [5, 5.41) is 10.6. The van der Waals surface area contributed by atoms with Gasteiger partial charge in [0.05, 0.1) is 12.0 Å². The van der Waals surface area contributed by atoms with Gasteiger partial charge in [0.25, 0.3) is 0 Å². The number of nitrogens with one attached hydrogen (secondary N) is 4. The van der Waals surface area contributed by atoms with E-state index >= 15 is 0 Å². The van der Waals surface area contributed by atoms with E-state index in [9.17, 15) is 19.2 Å². The molecule has 156 valence electrons. The van der Waals surface area contributed by atoms with Crippen molar-refractivity contribution >= 4 is 35.4 Å². The van der Waals surface area contributed by atoms with Crippen LogP contribution in [0.15, 0.2) is 24.3 Å². The number of Topliss-reactive ketones (excluding diaryl/α,β-unsaturated/α-hetero) is 1. The predicted molar refractivity (Wildman–Crippen MR) is 111 cm³/mol. The highest BCUT2D eigenvalue weighted by molar-refractivity contribution is 7.98. The Labute approximate surface area is 170 Å². The highest BCUT2D eigenvalue weighted by Crippen LogP contribution is 2.13. The Hall–Kier alpha value is -2.29. The molecule has 3 atom stereocenters. The molecular weight excluding hydrogens is 380 g/mol. The van der Waals surface area contributed by atoms with Crippen LogP contribution in [0.5, 0.6) is 0 Å². The molecule has 1 unspecified atom stereocenters. The molecule has 0 bridgehead atoms. The SMILES string of the molecule is CNC(=O)NC(CCSC)C(=O)C[C@H]1/C=C/CCNC(=O)/C=C/[C@H](C)NC1=O. The summed E-state index contributed by atoms with van der Waals surface area (Å²) in [5.74, 6) is -0.605. The van der Waals surface area contributed by atoms with Crippen LogP contribution in [0.2, 0.25) is 0 Å². The third-order valence-electron chi connectivity index (χ3n) is 4.17. The quantitative estimate of drug-likeness (QED) is 0.462. The first kappa shape index (κ1) is 23.7. The predicted octanol–water partition coefficient (Wildman–Crippen LogP) is 0.750. The number of hydrogen-bond donors (Lipinski definition) is 4. The molecular formula is C19H30N4O4S. The van der Waals surface area contributed by atoms with Crippen LogP contribution in [0.4, 0.5) is 4.79 Å². The summed E-state index contributed by atoms with van der Waals surface area (Å²) in [6.07, 6.45) is 9.45. The van der Waals surface area contributed by atoms with E-state index in [1.807, 2.05) is 6.26 Å². The van der Waals surface area contributed by atoms with Crippen LogP contribution in [0.3, 0.4) is 0 Å². The van der Waals surface area contributed by atoms with Crippen LogP contribution in [0.25, 0.3) is 0 Å². The van der Waals surface area contributed by atoms with E-state index in [2.05, 4.69) is 21.3 Å². The van der Waals surface area contributed by atoms with Crippen molar-refractivity contribution < 1.29 is 19.2 Å². The van der Waals surface area contributed by atoms with Gasteiger partial charge in [-0.1, -0.05) is 18.2 Å². The molecule has 8 nitrogen and oxygen atoms in total. The third-order valence-corrected chi connectivity index (χ3v) is 4.82. The lowest BCUT2D eigenvalue weighted by Crippen LogP contribution is -2.46. The van der Waals surface area contributed by atoms with Gasteiger partial charge < -0.3 is 21.3 Å². The second-order valence-corrected chi connectivity index (χ2v) is 7.48. The van der Waals surface area contributed by atoms with Gasteiger partial charge in [-0.15, -0.1) is 0 Å². The molecule has 0 saturated heterocycles. The smallest absolute Gasteiger partial charge is 0.315 e. The molecule has 0 aliphatic carbocycles. The van der Waals surface area contributed by atoms with E-state index in [0.29, 0.717) is 25.1 Å². The van der Waals surface area contributed by atoms with E-state index in [-0.39, 0.29) is 30.1 Å². The van der Waals surface area contributed by atoms with Crippen LogP contribution >= 0.6 is 11.8 Å².